The summed E-state index contributed by atoms with van der Waals surface area (Å²) < 4.78 is 15.5. The van der Waals surface area contributed by atoms with E-state index in [1.54, 1.807) is 6.92 Å². The maximum atomic E-state index is 11.3. The van der Waals surface area contributed by atoms with E-state index >= 15 is 0 Å². The lowest BCUT2D eigenvalue weighted by Gasteiger charge is -2.14. The van der Waals surface area contributed by atoms with Gasteiger partial charge in [-0.2, -0.15) is 0 Å². The van der Waals surface area contributed by atoms with Crippen molar-refractivity contribution in [1.29, 1.82) is 0 Å². The zero-order valence-corrected chi connectivity index (χ0v) is 11.7. The van der Waals surface area contributed by atoms with Crippen LogP contribution in [0.2, 0.25) is 0 Å². The van der Waals surface area contributed by atoms with E-state index in [2.05, 4.69) is 6.92 Å². The second-order valence-electron chi connectivity index (χ2n) is 4.14. The van der Waals surface area contributed by atoms with Crippen LogP contribution in [0.15, 0.2) is 0 Å². The minimum absolute atomic E-state index is 0.0321. The molecule has 0 aliphatic heterocycles. The topological polar surface area (TPSA) is 82.1 Å². The van der Waals surface area contributed by atoms with Crippen molar-refractivity contribution in [1.82, 2.24) is 0 Å². The van der Waals surface area contributed by atoms with E-state index in [0.29, 0.717) is 19.8 Å². The molecule has 0 saturated carbocycles. The Labute approximate surface area is 114 Å². The van der Waals surface area contributed by atoms with Gasteiger partial charge in [0, 0.05) is 19.4 Å². The first-order valence-corrected chi connectivity index (χ1v) is 6.66. The van der Waals surface area contributed by atoms with Gasteiger partial charge in [-0.1, -0.05) is 13.3 Å². The summed E-state index contributed by atoms with van der Waals surface area (Å²) in [5.74, 6) is -1.36. The number of carboxylic acid groups (broad SMARTS) is 1. The number of hydrogen-bond donors (Lipinski definition) is 1. The Hall–Kier alpha value is -1.14. The number of carboxylic acids is 1. The number of hydrogen-bond acceptors (Lipinski definition) is 5. The molecule has 0 radical (unpaired) electrons. The second kappa shape index (κ2) is 11.9. The minimum Gasteiger partial charge on any atom is -0.481 e. The normalized spacial score (nSPS) is 12.1. The van der Waals surface area contributed by atoms with Crippen LogP contribution >= 0.6 is 0 Å². The monoisotopic (exact) mass is 276 g/mol. The number of esters is 1. The lowest BCUT2D eigenvalue weighted by Crippen LogP contribution is -2.20. The van der Waals surface area contributed by atoms with Gasteiger partial charge in [-0.15, -0.1) is 0 Å². The Balaban J connectivity index is 3.43. The van der Waals surface area contributed by atoms with E-state index < -0.39 is 18.2 Å². The van der Waals surface area contributed by atoms with Crippen LogP contribution in [0.1, 0.15) is 46.0 Å². The van der Waals surface area contributed by atoms with Crippen molar-refractivity contribution < 1.29 is 28.9 Å². The molecular formula is C13H24O6. The van der Waals surface area contributed by atoms with E-state index in [0.717, 1.165) is 12.8 Å². The molecule has 6 heteroatoms. The van der Waals surface area contributed by atoms with Crippen molar-refractivity contribution in [3.8, 4) is 0 Å². The number of carbonyl (C=O) groups excluding carboxylic acids is 1. The zero-order valence-electron chi connectivity index (χ0n) is 11.7. The molecule has 0 rings (SSSR count). The summed E-state index contributed by atoms with van der Waals surface area (Å²) in [6.07, 6.45) is 1.82. The average molecular weight is 276 g/mol. The fraction of sp³-hybridized carbons (Fsp3) is 0.846. The van der Waals surface area contributed by atoms with Gasteiger partial charge in [-0.05, 0) is 19.8 Å². The van der Waals surface area contributed by atoms with Crippen LogP contribution in [-0.2, 0) is 23.8 Å². The lowest BCUT2D eigenvalue weighted by atomic mass is 10.2. The maximum Gasteiger partial charge on any atom is 0.308 e. The third-order valence-corrected chi connectivity index (χ3v) is 2.29. The molecule has 19 heavy (non-hydrogen) atoms. The zero-order chi connectivity index (χ0) is 14.5. The fourth-order valence-corrected chi connectivity index (χ4v) is 1.28. The minimum atomic E-state index is -0.915. The number of aliphatic carboxylic acids is 1. The Morgan fingerprint density at radius 1 is 1.11 bits per heavy atom. The standard InChI is InChI=1S/C13H24O6/c1-3-4-8-17-9-10-18-11(2)19-13(16)7-5-6-12(14)15/h11H,3-10H2,1-2H3,(H,14,15). The highest BCUT2D eigenvalue weighted by molar-refractivity contribution is 5.71. The van der Waals surface area contributed by atoms with E-state index in [1.807, 2.05) is 0 Å². The summed E-state index contributed by atoms with van der Waals surface area (Å²) >= 11 is 0. The number of unbranched alkanes of at least 4 members (excludes halogenated alkanes) is 1. The van der Waals surface area contributed by atoms with Gasteiger partial charge >= 0.3 is 11.9 Å². The second-order valence-corrected chi connectivity index (χ2v) is 4.14. The van der Waals surface area contributed by atoms with Crippen LogP contribution in [0.5, 0.6) is 0 Å². The highest BCUT2D eigenvalue weighted by atomic mass is 16.7. The molecule has 1 N–H and O–H groups in total. The van der Waals surface area contributed by atoms with Gasteiger partial charge in [-0.3, -0.25) is 9.59 Å². The maximum absolute atomic E-state index is 11.3. The summed E-state index contributed by atoms with van der Waals surface area (Å²) in [7, 11) is 0. The summed E-state index contributed by atoms with van der Waals surface area (Å²) in [5, 5.41) is 8.42. The van der Waals surface area contributed by atoms with Crippen LogP contribution in [0.3, 0.4) is 0 Å². The van der Waals surface area contributed by atoms with Crippen molar-refractivity contribution in [2.24, 2.45) is 0 Å². The van der Waals surface area contributed by atoms with Gasteiger partial charge < -0.3 is 19.3 Å². The lowest BCUT2D eigenvalue weighted by molar-refractivity contribution is -0.177. The summed E-state index contributed by atoms with van der Waals surface area (Å²) in [6, 6.07) is 0. The molecule has 0 saturated heterocycles. The van der Waals surface area contributed by atoms with Gasteiger partial charge in [0.15, 0.2) is 6.29 Å². The van der Waals surface area contributed by atoms with Gasteiger partial charge in [-0.25, -0.2) is 0 Å². The molecule has 1 unspecified atom stereocenters. The number of ether oxygens (including phenoxy) is 3. The van der Waals surface area contributed by atoms with E-state index in [4.69, 9.17) is 19.3 Å². The van der Waals surface area contributed by atoms with Crippen molar-refractivity contribution in [3.05, 3.63) is 0 Å². The number of carbonyl (C=O) groups is 2. The van der Waals surface area contributed by atoms with E-state index in [1.165, 1.54) is 0 Å². The average Bonchev–Trinajstić information content (AvgIpc) is 2.33. The predicted octanol–water partition coefficient (Wildman–Crippen LogP) is 1.96. The SMILES string of the molecule is CCCCOCCOC(C)OC(=O)CCCC(=O)O. The van der Waals surface area contributed by atoms with Crippen LogP contribution in [0, 0.1) is 0 Å². The van der Waals surface area contributed by atoms with Crippen molar-refractivity contribution in [2.75, 3.05) is 19.8 Å². The molecular weight excluding hydrogens is 252 g/mol. The first-order chi connectivity index (χ1) is 9.06. The molecule has 0 amide bonds. The molecule has 0 aromatic heterocycles. The van der Waals surface area contributed by atoms with Crippen LogP contribution in [0.25, 0.3) is 0 Å². The van der Waals surface area contributed by atoms with Crippen molar-refractivity contribution in [3.63, 3.8) is 0 Å². The molecule has 1 atom stereocenters. The number of rotatable bonds is 12. The van der Waals surface area contributed by atoms with Crippen LogP contribution in [0.4, 0.5) is 0 Å². The molecule has 0 aromatic rings. The Morgan fingerprint density at radius 3 is 2.47 bits per heavy atom. The van der Waals surface area contributed by atoms with Gasteiger partial charge in [0.05, 0.1) is 13.2 Å². The Morgan fingerprint density at radius 2 is 1.84 bits per heavy atom. The largest absolute Gasteiger partial charge is 0.481 e. The molecule has 0 heterocycles. The quantitative estimate of drug-likeness (QED) is 0.333. The van der Waals surface area contributed by atoms with Crippen LogP contribution in [-0.4, -0.2) is 43.2 Å². The summed E-state index contributed by atoms with van der Waals surface area (Å²) in [5.41, 5.74) is 0. The molecule has 0 fully saturated rings. The van der Waals surface area contributed by atoms with Gasteiger partial charge in [0.2, 0.25) is 0 Å². The highest BCUT2D eigenvalue weighted by Gasteiger charge is 2.10. The molecule has 112 valence electrons. The van der Waals surface area contributed by atoms with Crippen LogP contribution < -0.4 is 0 Å². The molecule has 0 aliphatic carbocycles. The third-order valence-electron chi connectivity index (χ3n) is 2.29. The Kier molecular flexibility index (Phi) is 11.2. The smallest absolute Gasteiger partial charge is 0.308 e. The van der Waals surface area contributed by atoms with Crippen molar-refractivity contribution in [2.45, 2.75) is 52.2 Å². The molecule has 0 spiro atoms. The molecule has 0 aromatic carbocycles. The first-order valence-electron chi connectivity index (χ1n) is 6.66. The van der Waals surface area contributed by atoms with E-state index in [-0.39, 0.29) is 19.3 Å². The third kappa shape index (κ3) is 13.1. The summed E-state index contributed by atoms with van der Waals surface area (Å²) in [4.78, 5) is 21.5. The Bertz CT molecular complexity index is 254. The highest BCUT2D eigenvalue weighted by Crippen LogP contribution is 2.02. The fourth-order valence-electron chi connectivity index (χ4n) is 1.28. The predicted molar refractivity (Wildman–Crippen MR) is 68.7 cm³/mol. The first kappa shape index (κ1) is 17.9. The summed E-state index contributed by atoms with van der Waals surface area (Å²) in [6.45, 7) is 5.27. The molecule has 0 aliphatic rings. The van der Waals surface area contributed by atoms with Gasteiger partial charge in [0.25, 0.3) is 0 Å². The van der Waals surface area contributed by atoms with Crippen molar-refractivity contribution >= 4 is 11.9 Å². The molecule has 6 nitrogen and oxygen atoms in total. The van der Waals surface area contributed by atoms with E-state index in [9.17, 15) is 9.59 Å². The van der Waals surface area contributed by atoms with Gasteiger partial charge in [0.1, 0.15) is 0 Å². The molecule has 0 bridgehead atoms.